The average molecular weight is 199 g/mol. The van der Waals surface area contributed by atoms with Gasteiger partial charge in [-0.3, -0.25) is 4.99 Å². The van der Waals surface area contributed by atoms with Gasteiger partial charge < -0.3 is 5.32 Å². The summed E-state index contributed by atoms with van der Waals surface area (Å²) < 4.78 is 0. The summed E-state index contributed by atoms with van der Waals surface area (Å²) in [7, 11) is 0. The van der Waals surface area contributed by atoms with Gasteiger partial charge in [0.05, 0.1) is 11.3 Å². The van der Waals surface area contributed by atoms with Crippen molar-refractivity contribution in [2.45, 2.75) is 19.8 Å². The SMILES string of the molecule is Cc1cccc(NC2=NCCC2)c1C#N. The van der Waals surface area contributed by atoms with Gasteiger partial charge in [-0.2, -0.15) is 5.26 Å². The van der Waals surface area contributed by atoms with E-state index in [9.17, 15) is 0 Å². The lowest BCUT2D eigenvalue weighted by Gasteiger charge is -2.08. The Hall–Kier alpha value is -1.82. The van der Waals surface area contributed by atoms with Gasteiger partial charge in [0.1, 0.15) is 11.9 Å². The Labute approximate surface area is 89.5 Å². The van der Waals surface area contributed by atoms with E-state index in [1.807, 2.05) is 25.1 Å². The van der Waals surface area contributed by atoms with E-state index in [0.717, 1.165) is 36.5 Å². The molecular formula is C12H13N3. The van der Waals surface area contributed by atoms with Gasteiger partial charge in [0.25, 0.3) is 0 Å². The monoisotopic (exact) mass is 199 g/mol. The molecule has 0 saturated carbocycles. The molecule has 0 aromatic heterocycles. The number of rotatable bonds is 1. The zero-order valence-electron chi connectivity index (χ0n) is 8.75. The smallest absolute Gasteiger partial charge is 0.102 e. The first-order valence-electron chi connectivity index (χ1n) is 5.11. The van der Waals surface area contributed by atoms with Crippen molar-refractivity contribution in [1.82, 2.24) is 0 Å². The summed E-state index contributed by atoms with van der Waals surface area (Å²) in [6, 6.07) is 8.04. The van der Waals surface area contributed by atoms with Gasteiger partial charge in [-0.25, -0.2) is 0 Å². The Morgan fingerprint density at radius 3 is 3.00 bits per heavy atom. The van der Waals surface area contributed by atoms with Crippen molar-refractivity contribution in [2.24, 2.45) is 4.99 Å². The third kappa shape index (κ3) is 1.99. The van der Waals surface area contributed by atoms with E-state index >= 15 is 0 Å². The minimum absolute atomic E-state index is 0.715. The highest BCUT2D eigenvalue weighted by molar-refractivity contribution is 5.97. The van der Waals surface area contributed by atoms with Crippen molar-refractivity contribution < 1.29 is 0 Å². The molecule has 0 aliphatic carbocycles. The van der Waals surface area contributed by atoms with Crippen molar-refractivity contribution in [3.8, 4) is 6.07 Å². The maximum atomic E-state index is 9.04. The minimum Gasteiger partial charge on any atom is -0.343 e. The normalized spacial score (nSPS) is 14.5. The lowest BCUT2D eigenvalue weighted by molar-refractivity contribution is 0.951. The molecule has 2 rings (SSSR count). The lowest BCUT2D eigenvalue weighted by Crippen LogP contribution is -2.09. The fourth-order valence-electron chi connectivity index (χ4n) is 1.72. The van der Waals surface area contributed by atoms with E-state index in [1.54, 1.807) is 0 Å². The Kier molecular flexibility index (Phi) is 2.68. The highest BCUT2D eigenvalue weighted by Crippen LogP contribution is 2.19. The Morgan fingerprint density at radius 2 is 2.33 bits per heavy atom. The van der Waals surface area contributed by atoms with Crippen LogP contribution in [-0.2, 0) is 0 Å². The number of benzene rings is 1. The molecule has 1 heterocycles. The number of hydrogen-bond donors (Lipinski definition) is 1. The molecule has 3 heteroatoms. The second kappa shape index (κ2) is 4.14. The van der Waals surface area contributed by atoms with Gasteiger partial charge in [-0.15, -0.1) is 0 Å². The molecule has 1 aromatic carbocycles. The number of amidine groups is 1. The van der Waals surface area contributed by atoms with Gasteiger partial charge in [0.2, 0.25) is 0 Å². The van der Waals surface area contributed by atoms with Crippen molar-refractivity contribution in [2.75, 3.05) is 11.9 Å². The predicted octanol–water partition coefficient (Wildman–Crippen LogP) is 2.47. The second-order valence-electron chi connectivity index (χ2n) is 3.67. The average Bonchev–Trinajstić information content (AvgIpc) is 2.71. The van der Waals surface area contributed by atoms with Crippen LogP contribution >= 0.6 is 0 Å². The number of aliphatic imine (C=N–C) groups is 1. The first kappa shape index (κ1) is 9.72. The molecular weight excluding hydrogens is 186 g/mol. The van der Waals surface area contributed by atoms with Crippen LogP contribution in [0.4, 0.5) is 5.69 Å². The maximum absolute atomic E-state index is 9.04. The first-order valence-corrected chi connectivity index (χ1v) is 5.11. The minimum atomic E-state index is 0.715. The standard InChI is InChI=1S/C12H13N3/c1-9-4-2-5-11(10(9)8-13)15-12-6-3-7-14-12/h2,4-5H,3,6-7H2,1H3,(H,14,15). The summed E-state index contributed by atoms with van der Waals surface area (Å²) >= 11 is 0. The molecule has 0 spiro atoms. The summed E-state index contributed by atoms with van der Waals surface area (Å²) in [5, 5.41) is 12.3. The number of nitriles is 1. The van der Waals surface area contributed by atoms with Crippen LogP contribution in [0.25, 0.3) is 0 Å². The summed E-state index contributed by atoms with van der Waals surface area (Å²) in [6.45, 7) is 2.84. The summed E-state index contributed by atoms with van der Waals surface area (Å²) in [4.78, 5) is 4.33. The maximum Gasteiger partial charge on any atom is 0.102 e. The summed E-state index contributed by atoms with van der Waals surface area (Å²) in [6.07, 6.45) is 2.09. The van der Waals surface area contributed by atoms with Crippen molar-refractivity contribution >= 4 is 11.5 Å². The third-order valence-electron chi connectivity index (χ3n) is 2.54. The Balaban J connectivity index is 2.28. The van der Waals surface area contributed by atoms with Gasteiger partial charge in [-0.05, 0) is 25.0 Å². The number of nitrogens with zero attached hydrogens (tertiary/aromatic N) is 2. The molecule has 1 aliphatic heterocycles. The molecule has 76 valence electrons. The molecule has 1 aliphatic rings. The topological polar surface area (TPSA) is 48.2 Å². The van der Waals surface area contributed by atoms with E-state index in [2.05, 4.69) is 16.4 Å². The summed E-state index contributed by atoms with van der Waals surface area (Å²) in [5.41, 5.74) is 2.59. The van der Waals surface area contributed by atoms with E-state index < -0.39 is 0 Å². The zero-order valence-corrected chi connectivity index (χ0v) is 8.75. The number of hydrogen-bond acceptors (Lipinski definition) is 3. The van der Waals surface area contributed by atoms with Crippen molar-refractivity contribution in [1.29, 1.82) is 5.26 Å². The van der Waals surface area contributed by atoms with Gasteiger partial charge in [-0.1, -0.05) is 12.1 Å². The lowest BCUT2D eigenvalue weighted by atomic mass is 10.1. The molecule has 0 radical (unpaired) electrons. The van der Waals surface area contributed by atoms with Crippen molar-refractivity contribution in [3.05, 3.63) is 29.3 Å². The summed E-state index contributed by atoms with van der Waals surface area (Å²) in [5.74, 6) is 0.997. The molecule has 1 aromatic rings. The third-order valence-corrected chi connectivity index (χ3v) is 2.54. The van der Waals surface area contributed by atoms with Crippen LogP contribution in [0.15, 0.2) is 23.2 Å². The Morgan fingerprint density at radius 1 is 1.47 bits per heavy atom. The fraction of sp³-hybridized carbons (Fsp3) is 0.333. The number of nitrogens with one attached hydrogen (secondary N) is 1. The molecule has 0 unspecified atom stereocenters. The number of aryl methyl sites for hydroxylation is 1. The van der Waals surface area contributed by atoms with E-state index in [-0.39, 0.29) is 0 Å². The zero-order chi connectivity index (χ0) is 10.7. The van der Waals surface area contributed by atoms with Gasteiger partial charge in [0, 0.05) is 13.0 Å². The van der Waals surface area contributed by atoms with Gasteiger partial charge in [0.15, 0.2) is 0 Å². The van der Waals surface area contributed by atoms with E-state index in [0.29, 0.717) is 5.56 Å². The van der Waals surface area contributed by atoms with Gasteiger partial charge >= 0.3 is 0 Å². The highest BCUT2D eigenvalue weighted by Gasteiger charge is 2.09. The van der Waals surface area contributed by atoms with E-state index in [4.69, 9.17) is 5.26 Å². The molecule has 0 saturated heterocycles. The van der Waals surface area contributed by atoms with Crippen LogP contribution in [-0.4, -0.2) is 12.4 Å². The van der Waals surface area contributed by atoms with E-state index in [1.165, 1.54) is 0 Å². The molecule has 1 N–H and O–H groups in total. The number of anilines is 1. The fourth-order valence-corrected chi connectivity index (χ4v) is 1.72. The highest BCUT2D eigenvalue weighted by atomic mass is 15.0. The molecule has 15 heavy (non-hydrogen) atoms. The quantitative estimate of drug-likeness (QED) is 0.755. The largest absolute Gasteiger partial charge is 0.343 e. The van der Waals surface area contributed by atoms with Crippen LogP contribution in [0.5, 0.6) is 0 Å². The molecule has 0 atom stereocenters. The van der Waals surface area contributed by atoms with Crippen LogP contribution in [0.1, 0.15) is 24.0 Å². The molecule has 0 amide bonds. The first-order chi connectivity index (χ1) is 7.31. The second-order valence-corrected chi connectivity index (χ2v) is 3.67. The molecule has 0 fully saturated rings. The molecule has 0 bridgehead atoms. The predicted molar refractivity (Wildman–Crippen MR) is 61.1 cm³/mol. The van der Waals surface area contributed by atoms with Crippen LogP contribution < -0.4 is 5.32 Å². The van der Waals surface area contributed by atoms with Crippen LogP contribution in [0, 0.1) is 18.3 Å². The van der Waals surface area contributed by atoms with Crippen LogP contribution in [0.2, 0.25) is 0 Å². The van der Waals surface area contributed by atoms with Crippen molar-refractivity contribution in [3.63, 3.8) is 0 Å². The molecule has 3 nitrogen and oxygen atoms in total. The van der Waals surface area contributed by atoms with Crippen LogP contribution in [0.3, 0.4) is 0 Å². The Bertz CT molecular complexity index is 441.